The lowest BCUT2D eigenvalue weighted by Crippen LogP contribution is -1.79. The van der Waals surface area contributed by atoms with Crippen LogP contribution in [0.4, 0.5) is 0 Å². The molecule has 0 saturated heterocycles. The van der Waals surface area contributed by atoms with Gasteiger partial charge in [0.2, 0.25) is 0 Å². The third-order valence-electron chi connectivity index (χ3n) is 1.87. The van der Waals surface area contributed by atoms with Crippen LogP contribution in [-0.2, 0) is 0 Å². The van der Waals surface area contributed by atoms with Gasteiger partial charge in [-0.05, 0) is 52.8 Å². The highest BCUT2D eigenvalue weighted by Crippen LogP contribution is 2.16. The first-order valence-corrected chi connectivity index (χ1v) is 5.54. The van der Waals surface area contributed by atoms with E-state index in [2.05, 4.69) is 66.4 Å². The van der Waals surface area contributed by atoms with Crippen molar-refractivity contribution in [2.45, 2.75) is 6.92 Å². The first-order valence-electron chi connectivity index (χ1n) is 4.46. The first-order chi connectivity index (χ1) is 6.74. The molecule has 0 aliphatic rings. The lowest BCUT2D eigenvalue weighted by atomic mass is 10.1. The van der Waals surface area contributed by atoms with E-state index in [9.17, 15) is 0 Å². The molecule has 72 valence electrons. The van der Waals surface area contributed by atoms with Crippen LogP contribution in [0.5, 0.6) is 0 Å². The van der Waals surface area contributed by atoms with Crippen molar-refractivity contribution in [1.29, 1.82) is 0 Å². The predicted molar refractivity (Wildman–Crippen MR) is 72.1 cm³/mol. The van der Waals surface area contributed by atoms with Crippen molar-refractivity contribution < 1.29 is 0 Å². The maximum absolute atomic E-state index is 3.63. The Kier molecular flexibility index (Phi) is 4.66. The van der Waals surface area contributed by atoms with Crippen molar-refractivity contribution in [3.05, 3.63) is 64.3 Å². The Morgan fingerprint density at radius 1 is 1.36 bits per heavy atom. The number of halogens is 1. The second kappa shape index (κ2) is 5.81. The maximum atomic E-state index is 3.63. The van der Waals surface area contributed by atoms with Crippen LogP contribution in [0, 0.1) is 3.57 Å². The molecule has 0 aromatic heterocycles. The molecule has 0 aliphatic heterocycles. The summed E-state index contributed by atoms with van der Waals surface area (Å²) in [5.41, 5.74) is 2.53. The van der Waals surface area contributed by atoms with Crippen LogP contribution < -0.4 is 0 Å². The fourth-order valence-corrected chi connectivity index (χ4v) is 1.65. The van der Waals surface area contributed by atoms with Gasteiger partial charge >= 0.3 is 0 Å². The molecular formula is C13H13I. The van der Waals surface area contributed by atoms with E-state index < -0.39 is 0 Å². The molecule has 0 amide bonds. The Morgan fingerprint density at radius 3 is 2.79 bits per heavy atom. The standard InChI is InChI=1S/C13H13I/c1-3-4-5-7-11(2)12-8-6-9-13(14)10-12/h3-10H,1H2,2H3/b5-4-,11-7+. The summed E-state index contributed by atoms with van der Waals surface area (Å²) in [5.74, 6) is 0. The lowest BCUT2D eigenvalue weighted by molar-refractivity contribution is 1.54. The third-order valence-corrected chi connectivity index (χ3v) is 2.54. The first kappa shape index (κ1) is 11.2. The number of hydrogen-bond acceptors (Lipinski definition) is 0. The zero-order chi connectivity index (χ0) is 10.4. The van der Waals surface area contributed by atoms with E-state index in [0.29, 0.717) is 0 Å². The summed E-state index contributed by atoms with van der Waals surface area (Å²) in [6, 6.07) is 8.46. The summed E-state index contributed by atoms with van der Waals surface area (Å²) in [4.78, 5) is 0. The zero-order valence-corrected chi connectivity index (χ0v) is 10.4. The Hall–Kier alpha value is -0.830. The Bertz CT molecular complexity index is 373. The summed E-state index contributed by atoms with van der Waals surface area (Å²) in [5, 5.41) is 0. The Morgan fingerprint density at radius 2 is 2.14 bits per heavy atom. The summed E-state index contributed by atoms with van der Waals surface area (Å²) < 4.78 is 1.26. The molecule has 0 heterocycles. The SMILES string of the molecule is C=C/C=C\C=C(/C)c1cccc(I)c1. The van der Waals surface area contributed by atoms with Gasteiger partial charge in [0.05, 0.1) is 0 Å². The van der Waals surface area contributed by atoms with E-state index in [-0.39, 0.29) is 0 Å². The van der Waals surface area contributed by atoms with E-state index in [4.69, 9.17) is 0 Å². The third kappa shape index (κ3) is 3.50. The molecule has 0 fully saturated rings. The second-order valence-corrected chi connectivity index (χ2v) is 4.23. The smallest absolute Gasteiger partial charge is 0.0136 e. The highest BCUT2D eigenvalue weighted by atomic mass is 127. The van der Waals surface area contributed by atoms with Crippen molar-refractivity contribution >= 4 is 28.2 Å². The van der Waals surface area contributed by atoms with Crippen LogP contribution in [0.25, 0.3) is 5.57 Å². The number of allylic oxidation sites excluding steroid dienone is 5. The lowest BCUT2D eigenvalue weighted by Gasteiger charge is -2.00. The van der Waals surface area contributed by atoms with E-state index in [1.165, 1.54) is 14.7 Å². The van der Waals surface area contributed by atoms with Crippen molar-refractivity contribution in [3.63, 3.8) is 0 Å². The fourth-order valence-electron chi connectivity index (χ4n) is 1.11. The maximum Gasteiger partial charge on any atom is 0.0136 e. The molecule has 0 nitrogen and oxygen atoms in total. The molecule has 0 spiro atoms. The van der Waals surface area contributed by atoms with Gasteiger partial charge in [-0.1, -0.05) is 43.0 Å². The number of hydrogen-bond donors (Lipinski definition) is 0. The van der Waals surface area contributed by atoms with Crippen molar-refractivity contribution in [3.8, 4) is 0 Å². The molecule has 0 atom stereocenters. The summed E-state index contributed by atoms with van der Waals surface area (Å²) in [6.07, 6.45) is 7.80. The average molecular weight is 296 g/mol. The molecule has 0 N–H and O–H groups in total. The number of benzene rings is 1. The van der Waals surface area contributed by atoms with Crippen LogP contribution >= 0.6 is 22.6 Å². The molecule has 0 bridgehead atoms. The zero-order valence-electron chi connectivity index (χ0n) is 8.20. The highest BCUT2D eigenvalue weighted by molar-refractivity contribution is 14.1. The molecule has 1 aromatic carbocycles. The molecular weight excluding hydrogens is 283 g/mol. The monoisotopic (exact) mass is 296 g/mol. The van der Waals surface area contributed by atoms with Crippen LogP contribution in [0.2, 0.25) is 0 Å². The molecule has 0 aliphatic carbocycles. The van der Waals surface area contributed by atoms with Crippen molar-refractivity contribution in [1.82, 2.24) is 0 Å². The Balaban J connectivity index is 2.88. The molecule has 1 aromatic rings. The van der Waals surface area contributed by atoms with Crippen LogP contribution in [-0.4, -0.2) is 0 Å². The van der Waals surface area contributed by atoms with Gasteiger partial charge in [-0.25, -0.2) is 0 Å². The van der Waals surface area contributed by atoms with Gasteiger partial charge in [-0.2, -0.15) is 0 Å². The minimum Gasteiger partial charge on any atom is -0.0991 e. The number of rotatable bonds is 3. The van der Waals surface area contributed by atoms with E-state index in [0.717, 1.165) is 0 Å². The predicted octanol–water partition coefficient (Wildman–Crippen LogP) is 4.44. The average Bonchev–Trinajstić information content (AvgIpc) is 2.18. The minimum atomic E-state index is 1.26. The topological polar surface area (TPSA) is 0 Å². The van der Waals surface area contributed by atoms with Gasteiger partial charge in [0, 0.05) is 3.57 Å². The van der Waals surface area contributed by atoms with E-state index >= 15 is 0 Å². The summed E-state index contributed by atoms with van der Waals surface area (Å²) in [7, 11) is 0. The molecule has 1 heteroatoms. The molecule has 1 rings (SSSR count). The van der Waals surface area contributed by atoms with Crippen molar-refractivity contribution in [2.24, 2.45) is 0 Å². The van der Waals surface area contributed by atoms with Crippen molar-refractivity contribution in [2.75, 3.05) is 0 Å². The fraction of sp³-hybridized carbons (Fsp3) is 0.0769. The van der Waals surface area contributed by atoms with Gasteiger partial charge in [0.25, 0.3) is 0 Å². The second-order valence-electron chi connectivity index (χ2n) is 2.98. The van der Waals surface area contributed by atoms with E-state index in [1.807, 2.05) is 12.2 Å². The molecule has 0 saturated carbocycles. The van der Waals surface area contributed by atoms with Gasteiger partial charge < -0.3 is 0 Å². The summed E-state index contributed by atoms with van der Waals surface area (Å²) >= 11 is 2.32. The molecule has 0 radical (unpaired) electrons. The normalized spacial score (nSPS) is 12.0. The molecule has 0 unspecified atom stereocenters. The largest absolute Gasteiger partial charge is 0.0991 e. The van der Waals surface area contributed by atoms with Gasteiger partial charge in [-0.3, -0.25) is 0 Å². The minimum absolute atomic E-state index is 1.26. The van der Waals surface area contributed by atoms with Crippen LogP contribution in [0.15, 0.2) is 55.1 Å². The van der Waals surface area contributed by atoms with Gasteiger partial charge in [-0.15, -0.1) is 0 Å². The van der Waals surface area contributed by atoms with Crippen LogP contribution in [0.3, 0.4) is 0 Å². The summed E-state index contributed by atoms with van der Waals surface area (Å²) in [6.45, 7) is 5.74. The quantitative estimate of drug-likeness (QED) is 0.571. The van der Waals surface area contributed by atoms with Gasteiger partial charge in [0.15, 0.2) is 0 Å². The molecule has 14 heavy (non-hydrogen) atoms. The van der Waals surface area contributed by atoms with Gasteiger partial charge in [0.1, 0.15) is 0 Å². The van der Waals surface area contributed by atoms with E-state index in [1.54, 1.807) is 6.08 Å². The van der Waals surface area contributed by atoms with Crippen LogP contribution in [0.1, 0.15) is 12.5 Å². The highest BCUT2D eigenvalue weighted by Gasteiger charge is 1.94. The Labute approximate surface area is 99.2 Å².